The minimum Gasteiger partial charge on any atom is -0.530 e. The summed E-state index contributed by atoms with van der Waals surface area (Å²) in [4.78, 5) is 23.5. The number of amides is 2. The number of hydrogen-bond acceptors (Lipinski definition) is 6. The molecule has 0 saturated carbocycles. The predicted octanol–water partition coefficient (Wildman–Crippen LogP) is 3.17. The fourth-order valence-electron chi connectivity index (χ4n) is 4.38. The fraction of sp³-hybridized carbons (Fsp3) is 0.308. The van der Waals surface area contributed by atoms with Gasteiger partial charge in [0.2, 0.25) is 0 Å². The van der Waals surface area contributed by atoms with Gasteiger partial charge >= 0.3 is 6.09 Å². The Morgan fingerprint density at radius 1 is 1.09 bits per heavy atom. The average molecular weight is 482 g/mol. The molecule has 4 rings (SSSR count). The van der Waals surface area contributed by atoms with Crippen LogP contribution in [-0.4, -0.2) is 49.5 Å². The SMILES string of the molecule is NC(=O)OCCOc1cc(COC2CN(C(=O)[O-])CCC2c2ccc(F)cc2)cc2ccccc12. The molecular weight excluding hydrogens is 455 g/mol. The number of nitrogens with two attached hydrogens (primary N) is 1. The van der Waals surface area contributed by atoms with E-state index in [1.807, 2.05) is 36.4 Å². The van der Waals surface area contributed by atoms with E-state index in [1.165, 1.54) is 17.0 Å². The second-order valence-corrected chi connectivity index (χ2v) is 8.34. The molecule has 8 nitrogen and oxygen atoms in total. The van der Waals surface area contributed by atoms with Crippen LogP contribution in [0.5, 0.6) is 5.75 Å². The number of carboxylic acid groups (broad SMARTS) is 1. The summed E-state index contributed by atoms with van der Waals surface area (Å²) >= 11 is 0. The Morgan fingerprint density at radius 3 is 2.60 bits per heavy atom. The standard InChI is InChI=1S/C26H27FN2O6/c27-20-7-5-18(6-8-20)22-9-10-29(26(31)32)15-24(22)35-16-17-13-19-3-1-2-4-21(19)23(14-17)33-11-12-34-25(28)30/h1-8,13-14,22,24H,9-12,15-16H2,(H2,28,30)(H,31,32)/p-1. The zero-order valence-electron chi connectivity index (χ0n) is 19.0. The van der Waals surface area contributed by atoms with E-state index >= 15 is 0 Å². The number of rotatable bonds is 8. The lowest BCUT2D eigenvalue weighted by atomic mass is 9.87. The molecule has 0 spiro atoms. The number of nitrogens with zero attached hydrogens (tertiary/aromatic N) is 1. The number of ether oxygens (including phenoxy) is 3. The number of fused-ring (bicyclic) bond motifs is 1. The van der Waals surface area contributed by atoms with Crippen molar-refractivity contribution in [3.8, 4) is 5.75 Å². The summed E-state index contributed by atoms with van der Waals surface area (Å²) in [6, 6.07) is 17.7. The zero-order valence-corrected chi connectivity index (χ0v) is 19.0. The van der Waals surface area contributed by atoms with Crippen LogP contribution in [0.2, 0.25) is 0 Å². The molecule has 0 aromatic heterocycles. The third-order valence-electron chi connectivity index (χ3n) is 6.05. The summed E-state index contributed by atoms with van der Waals surface area (Å²) in [5.74, 6) is 0.182. The van der Waals surface area contributed by atoms with E-state index in [2.05, 4.69) is 0 Å². The number of hydrogen-bond donors (Lipinski definition) is 1. The van der Waals surface area contributed by atoms with Crippen LogP contribution in [0.25, 0.3) is 10.8 Å². The van der Waals surface area contributed by atoms with E-state index in [4.69, 9.17) is 19.9 Å². The van der Waals surface area contributed by atoms with Crippen LogP contribution in [-0.2, 0) is 16.1 Å². The molecule has 2 unspecified atom stereocenters. The Labute approximate surface area is 202 Å². The maximum atomic E-state index is 13.4. The summed E-state index contributed by atoms with van der Waals surface area (Å²) in [6.45, 7) is 0.845. The largest absolute Gasteiger partial charge is 0.530 e. The number of likely N-dealkylation sites (tertiary alicyclic amines) is 1. The molecule has 2 amide bonds. The molecule has 9 heteroatoms. The van der Waals surface area contributed by atoms with Crippen LogP contribution in [0, 0.1) is 5.82 Å². The number of primary amides is 1. The normalized spacial score (nSPS) is 17.8. The molecule has 184 valence electrons. The Bertz CT molecular complexity index is 1190. The van der Waals surface area contributed by atoms with Crippen molar-refractivity contribution in [3.05, 3.63) is 77.6 Å². The summed E-state index contributed by atoms with van der Waals surface area (Å²) in [7, 11) is 0. The Morgan fingerprint density at radius 2 is 1.86 bits per heavy atom. The van der Waals surface area contributed by atoms with E-state index in [-0.39, 0.29) is 38.1 Å². The first-order valence-corrected chi connectivity index (χ1v) is 11.3. The third-order valence-corrected chi connectivity index (χ3v) is 6.05. The smallest absolute Gasteiger partial charge is 0.404 e. The van der Waals surface area contributed by atoms with Gasteiger partial charge in [-0.3, -0.25) is 0 Å². The van der Waals surface area contributed by atoms with Crippen molar-refractivity contribution in [2.24, 2.45) is 5.73 Å². The molecule has 1 aliphatic heterocycles. The van der Waals surface area contributed by atoms with Crippen LogP contribution in [0.3, 0.4) is 0 Å². The van der Waals surface area contributed by atoms with Gasteiger partial charge in [0.25, 0.3) is 0 Å². The van der Waals surface area contributed by atoms with Crippen LogP contribution < -0.4 is 15.6 Å². The molecule has 0 aliphatic carbocycles. The van der Waals surface area contributed by atoms with Crippen molar-refractivity contribution in [1.29, 1.82) is 0 Å². The predicted molar refractivity (Wildman–Crippen MR) is 124 cm³/mol. The lowest BCUT2D eigenvalue weighted by Gasteiger charge is -2.40. The van der Waals surface area contributed by atoms with Crippen molar-refractivity contribution >= 4 is 23.0 Å². The van der Waals surface area contributed by atoms with Crippen LogP contribution in [0.15, 0.2) is 60.7 Å². The zero-order chi connectivity index (χ0) is 24.8. The topological polar surface area (TPSA) is 114 Å². The second kappa shape index (κ2) is 11.1. The first-order chi connectivity index (χ1) is 16.9. The van der Waals surface area contributed by atoms with Crippen molar-refractivity contribution in [1.82, 2.24) is 4.90 Å². The molecule has 35 heavy (non-hydrogen) atoms. The van der Waals surface area contributed by atoms with Gasteiger partial charge in [-0.25, -0.2) is 9.18 Å². The number of piperidine rings is 1. The maximum Gasteiger partial charge on any atom is 0.404 e. The number of carbonyl (C=O) groups excluding carboxylic acids is 2. The lowest BCUT2D eigenvalue weighted by molar-refractivity contribution is -0.268. The second-order valence-electron chi connectivity index (χ2n) is 8.34. The van der Waals surface area contributed by atoms with Gasteiger partial charge in [-0.2, -0.15) is 0 Å². The van der Waals surface area contributed by atoms with Gasteiger partial charge in [0, 0.05) is 24.4 Å². The minimum absolute atomic E-state index is 0.0187. The molecule has 3 aromatic rings. The first kappa shape index (κ1) is 24.3. The van der Waals surface area contributed by atoms with Gasteiger partial charge in [0.05, 0.1) is 12.7 Å². The lowest BCUT2D eigenvalue weighted by Crippen LogP contribution is -2.51. The third kappa shape index (κ3) is 6.19. The molecule has 1 heterocycles. The highest BCUT2D eigenvalue weighted by atomic mass is 19.1. The Kier molecular flexibility index (Phi) is 7.67. The summed E-state index contributed by atoms with van der Waals surface area (Å²) in [5, 5.41) is 13.3. The first-order valence-electron chi connectivity index (χ1n) is 11.3. The average Bonchev–Trinajstić information content (AvgIpc) is 2.85. The fourth-order valence-corrected chi connectivity index (χ4v) is 4.38. The van der Waals surface area contributed by atoms with Crippen LogP contribution in [0.4, 0.5) is 14.0 Å². The van der Waals surface area contributed by atoms with Gasteiger partial charge in [-0.15, -0.1) is 0 Å². The van der Waals surface area contributed by atoms with E-state index < -0.39 is 18.3 Å². The van der Waals surface area contributed by atoms with E-state index in [0.717, 1.165) is 21.9 Å². The highest BCUT2D eigenvalue weighted by molar-refractivity contribution is 5.89. The van der Waals surface area contributed by atoms with Crippen molar-refractivity contribution in [3.63, 3.8) is 0 Å². The molecule has 3 aromatic carbocycles. The molecule has 2 atom stereocenters. The highest BCUT2D eigenvalue weighted by Gasteiger charge is 2.31. The van der Waals surface area contributed by atoms with Gasteiger partial charge in [-0.05, 0) is 47.2 Å². The van der Waals surface area contributed by atoms with Gasteiger partial charge in [0.1, 0.15) is 30.9 Å². The van der Waals surface area contributed by atoms with Gasteiger partial charge < -0.3 is 34.7 Å². The summed E-state index contributed by atoms with van der Waals surface area (Å²) < 4.78 is 30.2. The van der Waals surface area contributed by atoms with E-state index in [0.29, 0.717) is 18.7 Å². The quantitative estimate of drug-likeness (QED) is 0.495. The van der Waals surface area contributed by atoms with E-state index in [1.54, 1.807) is 12.1 Å². The molecule has 1 fully saturated rings. The van der Waals surface area contributed by atoms with Crippen LogP contribution >= 0.6 is 0 Å². The number of benzene rings is 3. The van der Waals surface area contributed by atoms with Crippen molar-refractivity contribution < 1.29 is 33.3 Å². The number of carbonyl (C=O) groups is 2. The minimum atomic E-state index is -1.24. The molecule has 0 radical (unpaired) electrons. The van der Waals surface area contributed by atoms with Crippen molar-refractivity contribution in [2.45, 2.75) is 25.0 Å². The van der Waals surface area contributed by atoms with Gasteiger partial charge in [-0.1, -0.05) is 36.4 Å². The van der Waals surface area contributed by atoms with Gasteiger partial charge in [0.15, 0.2) is 0 Å². The highest BCUT2D eigenvalue weighted by Crippen LogP contribution is 2.33. The molecule has 0 bridgehead atoms. The molecular formula is C26H26FN2O6-. The monoisotopic (exact) mass is 481 g/mol. The molecule has 1 saturated heterocycles. The van der Waals surface area contributed by atoms with Crippen molar-refractivity contribution in [2.75, 3.05) is 26.3 Å². The summed E-state index contributed by atoms with van der Waals surface area (Å²) in [5.41, 5.74) is 6.72. The Balaban J connectivity index is 1.52. The maximum absolute atomic E-state index is 13.4. The molecule has 1 aliphatic rings. The number of halogens is 1. The Hall–Kier alpha value is -3.85. The summed E-state index contributed by atoms with van der Waals surface area (Å²) in [6.07, 6.45) is -2.01. The van der Waals surface area contributed by atoms with Crippen LogP contribution in [0.1, 0.15) is 23.5 Å². The van der Waals surface area contributed by atoms with E-state index in [9.17, 15) is 19.1 Å². The molecule has 2 N–H and O–H groups in total.